The van der Waals surface area contributed by atoms with Gasteiger partial charge in [-0.1, -0.05) is 20.3 Å². The van der Waals surface area contributed by atoms with Gasteiger partial charge in [-0.15, -0.1) is 11.3 Å². The second kappa shape index (κ2) is 8.85. The molecule has 0 unspecified atom stereocenters. The largest absolute Gasteiger partial charge is 0.493 e. The van der Waals surface area contributed by atoms with E-state index in [0.29, 0.717) is 33.5 Å². The highest BCUT2D eigenvalue weighted by Gasteiger charge is 2.27. The summed E-state index contributed by atoms with van der Waals surface area (Å²) in [7, 11) is 3.11. The number of aryl methyl sites for hydroxylation is 1. The zero-order valence-corrected chi connectivity index (χ0v) is 16.8. The molecule has 1 aromatic carbocycles. The van der Waals surface area contributed by atoms with Crippen molar-refractivity contribution < 1.29 is 24.2 Å². The Hall–Kier alpha value is -2.61. The number of carboxylic acid groups (broad SMARTS) is 1. The molecule has 1 heterocycles. The first-order valence-electron chi connectivity index (χ1n) is 8.55. The molecule has 2 atom stereocenters. The number of ether oxygens (including phenoxy) is 2. The van der Waals surface area contributed by atoms with E-state index in [4.69, 9.17) is 9.47 Å². The van der Waals surface area contributed by atoms with E-state index >= 15 is 0 Å². The number of carbonyl (C=O) groups is 2. The number of nitrogens with one attached hydrogen (secondary N) is 1. The highest BCUT2D eigenvalue weighted by molar-refractivity contribution is 7.17. The average Bonchev–Trinajstić information content (AvgIpc) is 3.06. The molecule has 0 aliphatic carbocycles. The lowest BCUT2D eigenvalue weighted by Gasteiger charge is -2.19. The third-order valence-corrected chi connectivity index (χ3v) is 5.60. The van der Waals surface area contributed by atoms with Gasteiger partial charge in [-0.05, 0) is 31.0 Å². The van der Waals surface area contributed by atoms with Gasteiger partial charge in [0, 0.05) is 5.56 Å². The van der Waals surface area contributed by atoms with Crippen molar-refractivity contribution in [2.24, 2.45) is 5.92 Å². The van der Waals surface area contributed by atoms with Crippen LogP contribution in [0.3, 0.4) is 0 Å². The Morgan fingerprint density at radius 2 is 1.93 bits per heavy atom. The van der Waals surface area contributed by atoms with E-state index in [1.54, 1.807) is 40.2 Å². The monoisotopic (exact) mass is 392 g/mol. The first kappa shape index (κ1) is 20.7. The fraction of sp³-hybridized carbons (Fsp3) is 0.421. The molecule has 2 aromatic rings. The van der Waals surface area contributed by atoms with Crippen LogP contribution in [0.4, 0.5) is 0 Å². The van der Waals surface area contributed by atoms with Gasteiger partial charge in [0.2, 0.25) is 0 Å². The van der Waals surface area contributed by atoms with Gasteiger partial charge in [0.15, 0.2) is 11.5 Å². The lowest BCUT2D eigenvalue weighted by molar-refractivity contribution is -0.140. The number of aliphatic carboxylic acids is 1. The van der Waals surface area contributed by atoms with E-state index in [1.807, 2.05) is 13.0 Å². The number of nitrogens with zero attached hydrogens (tertiary/aromatic N) is 1. The van der Waals surface area contributed by atoms with Crippen molar-refractivity contribution in [1.82, 2.24) is 10.3 Å². The first-order chi connectivity index (χ1) is 12.8. The molecule has 7 nitrogen and oxygen atoms in total. The number of hydrogen-bond donors (Lipinski definition) is 2. The number of benzene rings is 1. The summed E-state index contributed by atoms with van der Waals surface area (Å²) in [5.41, 5.74) is 1.34. The molecule has 2 N–H and O–H groups in total. The maximum absolute atomic E-state index is 12.6. The van der Waals surface area contributed by atoms with E-state index in [2.05, 4.69) is 10.3 Å². The molecule has 0 fully saturated rings. The molecular weight excluding hydrogens is 368 g/mol. The molecule has 0 spiro atoms. The number of aromatic nitrogens is 1. The standard InChI is InChI=1S/C19H24N2O5S/c1-6-10(2)15(19(23)24)21-17(22)16-11(3)20-18(27-16)12-7-8-13(25-4)14(9-12)26-5/h7-10,15H,6H2,1-5H3,(H,21,22)(H,23,24)/t10-,15-/m0/s1. The van der Waals surface area contributed by atoms with Gasteiger partial charge in [0.05, 0.1) is 19.9 Å². The van der Waals surface area contributed by atoms with Crippen molar-refractivity contribution in [3.05, 3.63) is 28.8 Å². The summed E-state index contributed by atoms with van der Waals surface area (Å²) in [6.07, 6.45) is 0.649. The molecule has 0 radical (unpaired) electrons. The van der Waals surface area contributed by atoms with E-state index in [1.165, 1.54) is 11.3 Å². The molecule has 0 saturated heterocycles. The highest BCUT2D eigenvalue weighted by atomic mass is 32.1. The van der Waals surface area contributed by atoms with Gasteiger partial charge in [-0.3, -0.25) is 4.79 Å². The minimum atomic E-state index is -1.04. The van der Waals surface area contributed by atoms with Crippen LogP contribution in [0.25, 0.3) is 10.6 Å². The van der Waals surface area contributed by atoms with Crippen molar-refractivity contribution in [3.63, 3.8) is 0 Å². The summed E-state index contributed by atoms with van der Waals surface area (Å²) in [6.45, 7) is 5.42. The van der Waals surface area contributed by atoms with Crippen LogP contribution < -0.4 is 14.8 Å². The lowest BCUT2D eigenvalue weighted by Crippen LogP contribution is -2.44. The summed E-state index contributed by atoms with van der Waals surface area (Å²) in [5.74, 6) is -0.476. The van der Waals surface area contributed by atoms with E-state index in [0.717, 1.165) is 5.56 Å². The van der Waals surface area contributed by atoms with E-state index in [-0.39, 0.29) is 5.92 Å². The molecule has 27 heavy (non-hydrogen) atoms. The number of amides is 1. The molecule has 1 aromatic heterocycles. The number of carbonyl (C=O) groups excluding carboxylic acids is 1. The maximum atomic E-state index is 12.6. The number of carboxylic acids is 1. The van der Waals surface area contributed by atoms with E-state index in [9.17, 15) is 14.7 Å². The van der Waals surface area contributed by atoms with Crippen LogP contribution in [0, 0.1) is 12.8 Å². The Kier molecular flexibility index (Phi) is 6.79. The van der Waals surface area contributed by atoms with Crippen molar-refractivity contribution >= 4 is 23.2 Å². The molecule has 2 rings (SSSR count). The molecule has 0 aliphatic rings. The van der Waals surface area contributed by atoms with Crippen LogP contribution in [0.2, 0.25) is 0 Å². The third kappa shape index (κ3) is 4.57. The second-order valence-electron chi connectivity index (χ2n) is 6.18. The minimum Gasteiger partial charge on any atom is -0.493 e. The smallest absolute Gasteiger partial charge is 0.326 e. The lowest BCUT2D eigenvalue weighted by atomic mass is 9.99. The van der Waals surface area contributed by atoms with Crippen LogP contribution >= 0.6 is 11.3 Å². The van der Waals surface area contributed by atoms with Crippen molar-refractivity contribution in [2.45, 2.75) is 33.2 Å². The summed E-state index contributed by atoms with van der Waals surface area (Å²) < 4.78 is 10.5. The van der Waals surface area contributed by atoms with Gasteiger partial charge in [-0.25, -0.2) is 9.78 Å². The van der Waals surface area contributed by atoms with Crippen molar-refractivity contribution in [2.75, 3.05) is 14.2 Å². The average molecular weight is 392 g/mol. The van der Waals surface area contributed by atoms with Gasteiger partial charge < -0.3 is 19.9 Å². The van der Waals surface area contributed by atoms with Crippen LogP contribution in [0.5, 0.6) is 11.5 Å². The summed E-state index contributed by atoms with van der Waals surface area (Å²) in [4.78, 5) is 28.9. The molecule has 8 heteroatoms. The van der Waals surface area contributed by atoms with Crippen LogP contribution in [-0.2, 0) is 4.79 Å². The van der Waals surface area contributed by atoms with Gasteiger partial charge in [-0.2, -0.15) is 0 Å². The fourth-order valence-electron chi connectivity index (χ4n) is 2.59. The third-order valence-electron chi connectivity index (χ3n) is 4.40. The van der Waals surface area contributed by atoms with Crippen LogP contribution in [-0.4, -0.2) is 42.2 Å². The molecule has 146 valence electrons. The second-order valence-corrected chi connectivity index (χ2v) is 7.18. The van der Waals surface area contributed by atoms with Crippen molar-refractivity contribution in [3.8, 4) is 22.1 Å². The SMILES string of the molecule is CC[C@H](C)[C@H](NC(=O)c1sc(-c2ccc(OC)c(OC)c2)nc1C)C(=O)O. The highest BCUT2D eigenvalue weighted by Crippen LogP contribution is 2.35. The van der Waals surface area contributed by atoms with Gasteiger partial charge in [0.25, 0.3) is 5.91 Å². The Balaban J connectivity index is 2.30. The van der Waals surface area contributed by atoms with Crippen LogP contribution in [0.15, 0.2) is 18.2 Å². The molecule has 1 amide bonds. The predicted octanol–water partition coefficient (Wildman–Crippen LogP) is 3.36. The number of thiazole rings is 1. The number of rotatable bonds is 8. The fourth-order valence-corrected chi connectivity index (χ4v) is 3.56. The zero-order valence-electron chi connectivity index (χ0n) is 16.0. The summed E-state index contributed by atoms with van der Waals surface area (Å²) >= 11 is 1.21. The molecule has 0 saturated carbocycles. The minimum absolute atomic E-state index is 0.176. The van der Waals surface area contributed by atoms with Gasteiger partial charge >= 0.3 is 5.97 Å². The van der Waals surface area contributed by atoms with E-state index < -0.39 is 17.9 Å². The normalized spacial score (nSPS) is 12.9. The van der Waals surface area contributed by atoms with Gasteiger partial charge in [0.1, 0.15) is 15.9 Å². The number of methoxy groups -OCH3 is 2. The summed E-state index contributed by atoms with van der Waals surface area (Å²) in [6, 6.07) is 4.46. The Morgan fingerprint density at radius 1 is 1.26 bits per heavy atom. The first-order valence-corrected chi connectivity index (χ1v) is 9.37. The van der Waals surface area contributed by atoms with Crippen LogP contribution in [0.1, 0.15) is 35.6 Å². The topological polar surface area (TPSA) is 97.8 Å². The molecule has 0 aliphatic heterocycles. The summed E-state index contributed by atoms with van der Waals surface area (Å²) in [5, 5.41) is 12.6. The zero-order chi connectivity index (χ0) is 20.1. The molecular formula is C19H24N2O5S. The number of hydrogen-bond acceptors (Lipinski definition) is 6. The Morgan fingerprint density at radius 3 is 2.48 bits per heavy atom. The predicted molar refractivity (Wildman–Crippen MR) is 104 cm³/mol. The maximum Gasteiger partial charge on any atom is 0.326 e. The Bertz CT molecular complexity index is 834. The quantitative estimate of drug-likeness (QED) is 0.715. The Labute approximate surface area is 162 Å². The van der Waals surface area contributed by atoms with Crippen molar-refractivity contribution in [1.29, 1.82) is 0 Å². The molecule has 0 bridgehead atoms.